The minimum Gasteiger partial charge on any atom is -0.494 e. The van der Waals surface area contributed by atoms with Gasteiger partial charge in [-0.2, -0.15) is 18.4 Å². The van der Waals surface area contributed by atoms with Gasteiger partial charge in [-0.15, -0.1) is 0 Å². The number of hydrogen-bond acceptors (Lipinski definition) is 4. The van der Waals surface area contributed by atoms with Gasteiger partial charge in [-0.05, 0) is 67.9 Å². The lowest BCUT2D eigenvalue weighted by atomic mass is 10.1. The summed E-state index contributed by atoms with van der Waals surface area (Å²) in [5.41, 5.74) is 1.35. The molecule has 0 saturated heterocycles. The van der Waals surface area contributed by atoms with Crippen LogP contribution in [0.2, 0.25) is 5.02 Å². The number of benzene rings is 2. The Morgan fingerprint density at radius 2 is 1.74 bits per heavy atom. The largest absolute Gasteiger partial charge is 0.494 e. The summed E-state index contributed by atoms with van der Waals surface area (Å²) in [6.07, 6.45) is 0. The van der Waals surface area contributed by atoms with Gasteiger partial charge in [-0.3, -0.25) is 0 Å². The third kappa shape index (κ3) is 4.71. The first-order chi connectivity index (χ1) is 10.9. The molecule has 2 aromatic rings. The minimum atomic E-state index is -3.72. The van der Waals surface area contributed by atoms with Crippen LogP contribution < -0.4 is 9.57 Å². The molecule has 5 nitrogen and oxygen atoms in total. The van der Waals surface area contributed by atoms with Crippen molar-refractivity contribution in [2.75, 3.05) is 6.61 Å². The summed E-state index contributed by atoms with van der Waals surface area (Å²) in [6.45, 7) is 4.22. The van der Waals surface area contributed by atoms with Crippen molar-refractivity contribution < 1.29 is 13.2 Å². The quantitative estimate of drug-likeness (QED) is 0.639. The zero-order valence-electron chi connectivity index (χ0n) is 12.8. The molecule has 2 aromatic carbocycles. The number of rotatable bonds is 6. The summed E-state index contributed by atoms with van der Waals surface area (Å²) in [5.74, 6) is 0.755. The number of nitrogens with zero attached hydrogens (tertiary/aromatic N) is 1. The van der Waals surface area contributed by atoms with Crippen molar-refractivity contribution >= 4 is 27.3 Å². The molecule has 0 aliphatic rings. The van der Waals surface area contributed by atoms with E-state index in [2.05, 4.69) is 9.93 Å². The highest BCUT2D eigenvalue weighted by Crippen LogP contribution is 2.15. The van der Waals surface area contributed by atoms with Gasteiger partial charge in [-0.25, -0.2) is 0 Å². The molecule has 0 spiro atoms. The smallest absolute Gasteiger partial charge is 0.276 e. The lowest BCUT2D eigenvalue weighted by Gasteiger charge is -2.07. The van der Waals surface area contributed by atoms with Gasteiger partial charge in [-0.1, -0.05) is 11.6 Å². The first kappa shape index (κ1) is 17.3. The van der Waals surface area contributed by atoms with E-state index in [4.69, 9.17) is 16.3 Å². The molecule has 0 aliphatic heterocycles. The van der Waals surface area contributed by atoms with Crippen molar-refractivity contribution in [1.82, 2.24) is 4.83 Å². The highest BCUT2D eigenvalue weighted by molar-refractivity contribution is 7.89. The fourth-order valence-corrected chi connectivity index (χ4v) is 2.80. The predicted octanol–water partition coefficient (Wildman–Crippen LogP) is 3.44. The molecule has 7 heteroatoms. The fraction of sp³-hybridized carbons (Fsp3) is 0.188. The molecule has 0 aromatic heterocycles. The van der Waals surface area contributed by atoms with E-state index in [0.29, 0.717) is 17.3 Å². The summed E-state index contributed by atoms with van der Waals surface area (Å²) in [7, 11) is -3.72. The second kappa shape index (κ2) is 7.48. The highest BCUT2D eigenvalue weighted by atomic mass is 35.5. The molecule has 0 heterocycles. The lowest BCUT2D eigenvalue weighted by Crippen LogP contribution is -2.19. The molecular weight excluding hydrogens is 336 g/mol. The Hall–Kier alpha value is -2.05. The van der Waals surface area contributed by atoms with Crippen LogP contribution in [0.1, 0.15) is 19.4 Å². The van der Waals surface area contributed by atoms with E-state index < -0.39 is 10.0 Å². The Balaban J connectivity index is 2.13. The molecule has 0 atom stereocenters. The molecule has 0 fully saturated rings. The predicted molar refractivity (Wildman–Crippen MR) is 91.6 cm³/mol. The molecule has 23 heavy (non-hydrogen) atoms. The van der Waals surface area contributed by atoms with Crippen molar-refractivity contribution in [2.45, 2.75) is 18.7 Å². The van der Waals surface area contributed by atoms with E-state index in [9.17, 15) is 8.42 Å². The molecule has 122 valence electrons. The maximum atomic E-state index is 12.1. The van der Waals surface area contributed by atoms with Crippen LogP contribution in [0.25, 0.3) is 0 Å². The lowest BCUT2D eigenvalue weighted by molar-refractivity contribution is 0.340. The van der Waals surface area contributed by atoms with Gasteiger partial charge >= 0.3 is 0 Å². The van der Waals surface area contributed by atoms with Crippen molar-refractivity contribution in [3.8, 4) is 5.75 Å². The number of sulfonamides is 1. The molecular formula is C16H17ClN2O3S. The Labute approximate surface area is 141 Å². The monoisotopic (exact) mass is 352 g/mol. The van der Waals surface area contributed by atoms with Crippen molar-refractivity contribution in [2.24, 2.45) is 5.10 Å². The van der Waals surface area contributed by atoms with Crippen LogP contribution in [-0.2, 0) is 10.0 Å². The van der Waals surface area contributed by atoms with Crippen molar-refractivity contribution in [3.05, 3.63) is 59.1 Å². The average molecular weight is 353 g/mol. The summed E-state index contributed by atoms with van der Waals surface area (Å²) >= 11 is 5.75. The SMILES string of the molecule is CCOc1ccc(C(C)=NNS(=O)(=O)c2ccc(Cl)cc2)cc1. The van der Waals surface area contributed by atoms with Crippen LogP contribution >= 0.6 is 11.6 Å². The van der Waals surface area contributed by atoms with E-state index in [1.807, 2.05) is 31.2 Å². The Kier molecular flexibility index (Phi) is 5.63. The maximum absolute atomic E-state index is 12.1. The van der Waals surface area contributed by atoms with Gasteiger partial charge in [0.25, 0.3) is 10.0 Å². The molecule has 0 saturated carbocycles. The van der Waals surface area contributed by atoms with Gasteiger partial charge in [0, 0.05) is 5.02 Å². The van der Waals surface area contributed by atoms with Crippen LogP contribution in [-0.4, -0.2) is 20.7 Å². The molecule has 0 radical (unpaired) electrons. The summed E-state index contributed by atoms with van der Waals surface area (Å²) in [4.78, 5) is 2.32. The van der Waals surface area contributed by atoms with Crippen molar-refractivity contribution in [1.29, 1.82) is 0 Å². The second-order valence-corrected chi connectivity index (χ2v) is 6.80. The topological polar surface area (TPSA) is 67.8 Å². The van der Waals surface area contributed by atoms with E-state index in [1.165, 1.54) is 24.3 Å². The Morgan fingerprint density at radius 3 is 2.30 bits per heavy atom. The van der Waals surface area contributed by atoms with Gasteiger partial charge in [0.2, 0.25) is 0 Å². The normalized spacial score (nSPS) is 12.0. The number of hydrazone groups is 1. The molecule has 0 unspecified atom stereocenters. The Bertz CT molecular complexity index is 785. The van der Waals surface area contributed by atoms with E-state index in [0.717, 1.165) is 11.3 Å². The third-order valence-corrected chi connectivity index (χ3v) is 4.52. The number of halogens is 1. The molecule has 0 amide bonds. The van der Waals surface area contributed by atoms with E-state index >= 15 is 0 Å². The summed E-state index contributed by atoms with van der Waals surface area (Å²) < 4.78 is 29.6. The van der Waals surface area contributed by atoms with Crippen LogP contribution in [0.15, 0.2) is 58.5 Å². The van der Waals surface area contributed by atoms with E-state index in [-0.39, 0.29) is 4.90 Å². The number of hydrogen-bond donors (Lipinski definition) is 1. The van der Waals surface area contributed by atoms with Crippen LogP contribution in [0.5, 0.6) is 5.75 Å². The maximum Gasteiger partial charge on any atom is 0.276 e. The van der Waals surface area contributed by atoms with Crippen LogP contribution in [0.4, 0.5) is 0 Å². The van der Waals surface area contributed by atoms with Crippen LogP contribution in [0, 0.1) is 0 Å². The molecule has 1 N–H and O–H groups in total. The highest BCUT2D eigenvalue weighted by Gasteiger charge is 2.12. The molecule has 0 bridgehead atoms. The fourth-order valence-electron chi connectivity index (χ4n) is 1.82. The number of nitrogens with one attached hydrogen (secondary N) is 1. The molecule has 2 rings (SSSR count). The first-order valence-corrected chi connectivity index (χ1v) is 8.83. The third-order valence-electron chi connectivity index (χ3n) is 3.04. The summed E-state index contributed by atoms with van der Waals surface area (Å²) in [6, 6.07) is 13.1. The zero-order valence-corrected chi connectivity index (χ0v) is 14.4. The first-order valence-electron chi connectivity index (χ1n) is 6.97. The van der Waals surface area contributed by atoms with Gasteiger partial charge in [0.15, 0.2) is 0 Å². The summed E-state index contributed by atoms with van der Waals surface area (Å²) in [5, 5.41) is 4.42. The minimum absolute atomic E-state index is 0.102. The Morgan fingerprint density at radius 1 is 1.13 bits per heavy atom. The zero-order chi connectivity index (χ0) is 16.9. The van der Waals surface area contributed by atoms with Crippen LogP contribution in [0.3, 0.4) is 0 Å². The van der Waals surface area contributed by atoms with Gasteiger partial charge < -0.3 is 4.74 Å². The van der Waals surface area contributed by atoms with Gasteiger partial charge in [0.05, 0.1) is 17.2 Å². The molecule has 0 aliphatic carbocycles. The second-order valence-electron chi connectivity index (χ2n) is 4.70. The number of ether oxygens (including phenoxy) is 1. The average Bonchev–Trinajstić information content (AvgIpc) is 2.54. The standard InChI is InChI=1S/C16H17ClN2O3S/c1-3-22-15-8-4-13(5-9-15)12(2)18-19-23(20,21)16-10-6-14(17)7-11-16/h4-11,19H,3H2,1-2H3. The van der Waals surface area contributed by atoms with E-state index in [1.54, 1.807) is 6.92 Å². The van der Waals surface area contributed by atoms with Crippen molar-refractivity contribution in [3.63, 3.8) is 0 Å². The van der Waals surface area contributed by atoms with Gasteiger partial charge in [0.1, 0.15) is 5.75 Å².